The Balaban J connectivity index is 1.48. The standard InChI is InChI=1S/C20H29FN2O6S/c21-15-2-1-3-17(12-15)30(26,27)23-18-5-4-16(29-19(18)13-24)6-9-22-20(25)14-7-10-28-11-8-14/h1-3,12,14,16,18-19,23-24H,4-11,13H2,(H,22,25)/t16-,18-,19+/m1/s1. The molecule has 2 aliphatic rings. The van der Waals surface area contributed by atoms with Gasteiger partial charge >= 0.3 is 0 Å². The molecular weight excluding hydrogens is 415 g/mol. The van der Waals surface area contributed by atoms with Crippen LogP contribution in [0, 0.1) is 11.7 Å². The predicted octanol–water partition coefficient (Wildman–Crippen LogP) is 0.945. The molecule has 2 heterocycles. The first-order chi connectivity index (χ1) is 14.4. The lowest BCUT2D eigenvalue weighted by atomic mass is 9.97. The van der Waals surface area contributed by atoms with Crippen molar-refractivity contribution in [1.82, 2.24) is 10.0 Å². The van der Waals surface area contributed by atoms with E-state index in [4.69, 9.17) is 9.47 Å². The second-order valence-corrected chi connectivity index (χ2v) is 9.42. The summed E-state index contributed by atoms with van der Waals surface area (Å²) in [6, 6.07) is 4.15. The Bertz CT molecular complexity index is 815. The number of benzene rings is 1. The van der Waals surface area contributed by atoms with Gasteiger partial charge in [0, 0.05) is 25.7 Å². The number of carbonyl (C=O) groups is 1. The van der Waals surface area contributed by atoms with Crippen LogP contribution in [0.1, 0.15) is 32.1 Å². The molecule has 0 saturated carbocycles. The van der Waals surface area contributed by atoms with E-state index >= 15 is 0 Å². The maximum absolute atomic E-state index is 13.4. The Kier molecular flexibility index (Phi) is 8.18. The van der Waals surface area contributed by atoms with Crippen LogP contribution in [-0.4, -0.2) is 64.0 Å². The Morgan fingerprint density at radius 2 is 1.97 bits per heavy atom. The van der Waals surface area contributed by atoms with Gasteiger partial charge < -0.3 is 19.9 Å². The number of amides is 1. The number of aliphatic hydroxyl groups is 1. The van der Waals surface area contributed by atoms with E-state index in [-0.39, 0.29) is 29.4 Å². The fraction of sp³-hybridized carbons (Fsp3) is 0.650. The van der Waals surface area contributed by atoms with Gasteiger partial charge in [-0.1, -0.05) is 6.07 Å². The fourth-order valence-electron chi connectivity index (χ4n) is 3.84. The average molecular weight is 445 g/mol. The van der Waals surface area contributed by atoms with E-state index in [0.29, 0.717) is 39.0 Å². The number of aliphatic hydroxyl groups excluding tert-OH is 1. The Labute approximate surface area is 176 Å². The first-order valence-corrected chi connectivity index (χ1v) is 11.8. The average Bonchev–Trinajstić information content (AvgIpc) is 2.75. The molecular formula is C20H29FN2O6S. The summed E-state index contributed by atoms with van der Waals surface area (Å²) < 4.78 is 52.1. The molecule has 0 bridgehead atoms. The van der Waals surface area contributed by atoms with E-state index in [9.17, 15) is 22.7 Å². The molecule has 2 saturated heterocycles. The lowest BCUT2D eigenvalue weighted by Crippen LogP contribution is -2.51. The Hall–Kier alpha value is -1.59. The summed E-state index contributed by atoms with van der Waals surface area (Å²) in [4.78, 5) is 12.0. The zero-order valence-corrected chi connectivity index (χ0v) is 17.6. The van der Waals surface area contributed by atoms with Crippen LogP contribution in [0.4, 0.5) is 4.39 Å². The molecule has 30 heavy (non-hydrogen) atoms. The number of halogens is 1. The Morgan fingerprint density at radius 3 is 2.67 bits per heavy atom. The van der Waals surface area contributed by atoms with Crippen LogP contribution in [0.3, 0.4) is 0 Å². The number of carbonyl (C=O) groups excluding carboxylic acids is 1. The molecule has 2 aliphatic heterocycles. The number of nitrogens with one attached hydrogen (secondary N) is 2. The van der Waals surface area contributed by atoms with Crippen molar-refractivity contribution in [3.05, 3.63) is 30.1 Å². The van der Waals surface area contributed by atoms with Crippen LogP contribution in [0.25, 0.3) is 0 Å². The lowest BCUT2D eigenvalue weighted by Gasteiger charge is -2.36. The second-order valence-electron chi connectivity index (χ2n) is 7.71. The third-order valence-corrected chi connectivity index (χ3v) is 7.05. The van der Waals surface area contributed by atoms with Gasteiger partial charge in [-0.2, -0.15) is 0 Å². The van der Waals surface area contributed by atoms with E-state index in [1.54, 1.807) is 0 Å². The molecule has 10 heteroatoms. The molecule has 0 spiro atoms. The normalized spacial score (nSPS) is 25.7. The summed E-state index contributed by atoms with van der Waals surface area (Å²) in [5.41, 5.74) is 0. The molecule has 1 aromatic carbocycles. The lowest BCUT2D eigenvalue weighted by molar-refractivity contribution is -0.128. The number of ether oxygens (including phenoxy) is 2. The van der Waals surface area contributed by atoms with Gasteiger partial charge in [0.15, 0.2) is 0 Å². The third kappa shape index (κ3) is 6.21. The third-order valence-electron chi connectivity index (χ3n) is 5.57. The SMILES string of the molecule is O=C(NCC[C@H]1CC[C@@H](NS(=O)(=O)c2cccc(F)c2)[C@H](CO)O1)C1CCOCC1. The van der Waals surface area contributed by atoms with Crippen molar-refractivity contribution in [2.24, 2.45) is 5.92 Å². The van der Waals surface area contributed by atoms with Gasteiger partial charge in [0.25, 0.3) is 0 Å². The first-order valence-electron chi connectivity index (χ1n) is 10.3. The van der Waals surface area contributed by atoms with E-state index < -0.39 is 28.0 Å². The summed E-state index contributed by atoms with van der Waals surface area (Å²) >= 11 is 0. The summed E-state index contributed by atoms with van der Waals surface area (Å²) in [6.07, 6.45) is 2.19. The maximum atomic E-state index is 13.4. The molecule has 0 radical (unpaired) electrons. The van der Waals surface area contributed by atoms with Crippen molar-refractivity contribution in [3.8, 4) is 0 Å². The molecule has 3 atom stereocenters. The van der Waals surface area contributed by atoms with Crippen molar-refractivity contribution < 1.29 is 32.2 Å². The first kappa shape index (κ1) is 23.1. The molecule has 8 nitrogen and oxygen atoms in total. The monoisotopic (exact) mass is 444 g/mol. The second kappa shape index (κ2) is 10.6. The highest BCUT2D eigenvalue weighted by molar-refractivity contribution is 7.89. The summed E-state index contributed by atoms with van der Waals surface area (Å²) in [5.74, 6) is -0.634. The highest BCUT2D eigenvalue weighted by atomic mass is 32.2. The molecule has 3 N–H and O–H groups in total. The number of hydrogen-bond donors (Lipinski definition) is 3. The zero-order chi connectivity index (χ0) is 21.6. The van der Waals surface area contributed by atoms with E-state index in [1.165, 1.54) is 18.2 Å². The van der Waals surface area contributed by atoms with Crippen molar-refractivity contribution in [1.29, 1.82) is 0 Å². The quantitative estimate of drug-likeness (QED) is 0.550. The van der Waals surface area contributed by atoms with Crippen LogP contribution in [0.15, 0.2) is 29.2 Å². The van der Waals surface area contributed by atoms with Crippen LogP contribution in [0.2, 0.25) is 0 Å². The molecule has 1 aromatic rings. The van der Waals surface area contributed by atoms with E-state index in [1.807, 2.05) is 0 Å². The molecule has 3 rings (SSSR count). The van der Waals surface area contributed by atoms with E-state index in [2.05, 4.69) is 10.0 Å². The van der Waals surface area contributed by atoms with Crippen molar-refractivity contribution in [3.63, 3.8) is 0 Å². The number of sulfonamides is 1. The number of hydrogen-bond acceptors (Lipinski definition) is 6. The molecule has 0 aliphatic carbocycles. The minimum absolute atomic E-state index is 0.0159. The summed E-state index contributed by atoms with van der Waals surface area (Å²) in [5, 5.41) is 12.6. The van der Waals surface area contributed by atoms with Crippen LogP contribution < -0.4 is 10.0 Å². The molecule has 0 unspecified atom stereocenters. The van der Waals surface area contributed by atoms with Crippen LogP contribution >= 0.6 is 0 Å². The molecule has 1 amide bonds. The van der Waals surface area contributed by atoms with Gasteiger partial charge in [0.05, 0.1) is 29.8 Å². The van der Waals surface area contributed by atoms with Crippen molar-refractivity contribution in [2.45, 2.75) is 55.2 Å². The highest BCUT2D eigenvalue weighted by Gasteiger charge is 2.34. The van der Waals surface area contributed by atoms with Crippen LogP contribution in [0.5, 0.6) is 0 Å². The molecule has 2 fully saturated rings. The largest absolute Gasteiger partial charge is 0.394 e. The van der Waals surface area contributed by atoms with E-state index in [0.717, 1.165) is 18.9 Å². The summed E-state index contributed by atoms with van der Waals surface area (Å²) in [7, 11) is -3.93. The van der Waals surface area contributed by atoms with Gasteiger partial charge in [-0.25, -0.2) is 17.5 Å². The molecule has 0 aromatic heterocycles. The zero-order valence-electron chi connectivity index (χ0n) is 16.8. The smallest absolute Gasteiger partial charge is 0.241 e. The van der Waals surface area contributed by atoms with Gasteiger partial charge in [-0.3, -0.25) is 4.79 Å². The van der Waals surface area contributed by atoms with Crippen molar-refractivity contribution >= 4 is 15.9 Å². The number of rotatable bonds is 8. The van der Waals surface area contributed by atoms with Gasteiger partial charge in [-0.15, -0.1) is 0 Å². The van der Waals surface area contributed by atoms with Crippen molar-refractivity contribution in [2.75, 3.05) is 26.4 Å². The summed E-state index contributed by atoms with van der Waals surface area (Å²) in [6.45, 7) is 1.32. The van der Waals surface area contributed by atoms with Gasteiger partial charge in [-0.05, 0) is 50.3 Å². The van der Waals surface area contributed by atoms with Gasteiger partial charge in [0.1, 0.15) is 5.82 Å². The molecule has 168 valence electrons. The van der Waals surface area contributed by atoms with Gasteiger partial charge in [0.2, 0.25) is 15.9 Å². The predicted molar refractivity (Wildman–Crippen MR) is 107 cm³/mol. The maximum Gasteiger partial charge on any atom is 0.241 e. The fourth-order valence-corrected chi connectivity index (χ4v) is 5.17. The minimum atomic E-state index is -3.93. The Morgan fingerprint density at radius 1 is 1.20 bits per heavy atom. The topological polar surface area (TPSA) is 114 Å². The minimum Gasteiger partial charge on any atom is -0.394 e. The highest BCUT2D eigenvalue weighted by Crippen LogP contribution is 2.24. The van der Waals surface area contributed by atoms with Crippen LogP contribution in [-0.2, 0) is 24.3 Å².